The molecule has 2 aliphatic rings. The maximum absolute atomic E-state index is 13.6. The second-order valence-electron chi connectivity index (χ2n) is 8.56. The smallest absolute Gasteiger partial charge is 0.191 e. The van der Waals surface area contributed by atoms with E-state index in [1.807, 2.05) is 6.92 Å². The van der Waals surface area contributed by atoms with Crippen molar-refractivity contribution >= 4 is 28.7 Å². The lowest BCUT2D eigenvalue weighted by molar-refractivity contribution is -0.0253. The average Bonchev–Trinajstić information content (AvgIpc) is 3.34. The van der Waals surface area contributed by atoms with Crippen LogP contribution in [0.5, 0.6) is 0 Å². The molecule has 0 radical (unpaired) electrons. The number of nitrogens with zero attached hydrogens (tertiary/aromatic N) is 5. The van der Waals surface area contributed by atoms with Gasteiger partial charge in [0.15, 0.2) is 22.1 Å². The molecule has 2 heterocycles. The lowest BCUT2D eigenvalue weighted by Crippen LogP contribution is -2.31. The molecule has 33 heavy (non-hydrogen) atoms. The van der Waals surface area contributed by atoms with Gasteiger partial charge >= 0.3 is 0 Å². The number of anilines is 1. The third-order valence-electron chi connectivity index (χ3n) is 6.10. The van der Waals surface area contributed by atoms with E-state index >= 15 is 0 Å². The molecule has 5 rings (SSSR count). The summed E-state index contributed by atoms with van der Waals surface area (Å²) in [6.07, 6.45) is -1.85. The molecule has 2 fully saturated rings. The summed E-state index contributed by atoms with van der Waals surface area (Å²) in [4.78, 5) is 9.15. The van der Waals surface area contributed by atoms with E-state index in [2.05, 4.69) is 25.6 Å². The number of rotatable bonds is 7. The van der Waals surface area contributed by atoms with Crippen molar-refractivity contribution in [1.82, 2.24) is 25.0 Å². The average molecular weight is 479 g/mol. The summed E-state index contributed by atoms with van der Waals surface area (Å²) >= 11 is 1.46. The number of benzene rings is 1. The highest BCUT2D eigenvalue weighted by Gasteiger charge is 2.44. The van der Waals surface area contributed by atoms with Crippen molar-refractivity contribution in [3.05, 3.63) is 35.4 Å². The first-order chi connectivity index (χ1) is 15.9. The first kappa shape index (κ1) is 22.4. The maximum Gasteiger partial charge on any atom is 0.191 e. The summed E-state index contributed by atoms with van der Waals surface area (Å²) in [5, 5.41) is 42.5. The van der Waals surface area contributed by atoms with Gasteiger partial charge in [-0.25, -0.2) is 23.4 Å². The summed E-state index contributed by atoms with van der Waals surface area (Å²) in [5.41, 5.74) is 1.34. The van der Waals surface area contributed by atoms with Crippen LogP contribution < -0.4 is 5.32 Å². The van der Waals surface area contributed by atoms with E-state index in [0.717, 1.165) is 18.2 Å². The molecule has 0 saturated heterocycles. The van der Waals surface area contributed by atoms with Gasteiger partial charge in [-0.1, -0.05) is 23.9 Å². The molecule has 3 aromatic rings. The number of aromatic nitrogens is 5. The summed E-state index contributed by atoms with van der Waals surface area (Å²) < 4.78 is 28.7. The van der Waals surface area contributed by atoms with E-state index < -0.39 is 36.0 Å². The lowest BCUT2D eigenvalue weighted by atomic mass is 10.1. The van der Waals surface area contributed by atoms with Gasteiger partial charge < -0.3 is 20.6 Å². The molecule has 176 valence electrons. The Morgan fingerprint density at radius 1 is 1.09 bits per heavy atom. The van der Waals surface area contributed by atoms with E-state index in [-0.39, 0.29) is 18.4 Å². The summed E-state index contributed by atoms with van der Waals surface area (Å²) in [6, 6.07) is 2.75. The van der Waals surface area contributed by atoms with Crippen molar-refractivity contribution in [2.75, 3.05) is 11.1 Å². The van der Waals surface area contributed by atoms with Gasteiger partial charge in [-0.2, -0.15) is 0 Å². The van der Waals surface area contributed by atoms with Crippen LogP contribution in [0.2, 0.25) is 0 Å². The third-order valence-corrected chi connectivity index (χ3v) is 7.15. The number of halogens is 2. The molecule has 9 nitrogen and oxygen atoms in total. The number of nitrogens with one attached hydrogen (secondary N) is 1. The molecular weight excluding hydrogens is 454 g/mol. The van der Waals surface area contributed by atoms with Gasteiger partial charge in [-0.15, -0.1) is 5.10 Å². The Morgan fingerprint density at radius 2 is 1.85 bits per heavy atom. The number of fused-ring (bicyclic) bond motifs is 1. The van der Waals surface area contributed by atoms with Gasteiger partial charge in [0.2, 0.25) is 0 Å². The standard InChI is InChI=1S/C21H24F2N6O3S/c1-2-3-33-21-25-19(24-13-7-12(13)9-4-10(22)6-11(23)5-9)16-20(26-21)29(28-27-16)14-8-15(30)18(32)17(14)31/h4-6,12-15,17-18,30-32H,2-3,7-8H2,1H3,(H,24,25,26). The molecule has 2 aliphatic carbocycles. The maximum atomic E-state index is 13.6. The normalized spacial score (nSPS) is 29.0. The number of hydrogen-bond donors (Lipinski definition) is 4. The minimum Gasteiger partial charge on any atom is -0.390 e. The van der Waals surface area contributed by atoms with Crippen LogP contribution in [0.3, 0.4) is 0 Å². The van der Waals surface area contributed by atoms with E-state index in [0.29, 0.717) is 34.1 Å². The van der Waals surface area contributed by atoms with Gasteiger partial charge in [-0.05, 0) is 30.5 Å². The van der Waals surface area contributed by atoms with Gasteiger partial charge in [-0.3, -0.25) is 0 Å². The summed E-state index contributed by atoms with van der Waals surface area (Å²) in [7, 11) is 0. The van der Waals surface area contributed by atoms with Crippen molar-refractivity contribution in [3.8, 4) is 0 Å². The zero-order chi connectivity index (χ0) is 23.3. The monoisotopic (exact) mass is 478 g/mol. The van der Waals surface area contributed by atoms with Crippen LogP contribution in [0.1, 0.15) is 43.7 Å². The van der Waals surface area contributed by atoms with Crippen molar-refractivity contribution in [2.24, 2.45) is 0 Å². The topological polar surface area (TPSA) is 129 Å². The molecule has 2 saturated carbocycles. The molecule has 0 amide bonds. The summed E-state index contributed by atoms with van der Waals surface area (Å²) in [5.74, 6) is -0.0433. The fourth-order valence-corrected chi connectivity index (χ4v) is 5.00. The predicted molar refractivity (Wildman–Crippen MR) is 117 cm³/mol. The van der Waals surface area contributed by atoms with E-state index in [1.165, 1.54) is 28.6 Å². The zero-order valence-corrected chi connectivity index (χ0v) is 18.6. The molecule has 1 aromatic carbocycles. The van der Waals surface area contributed by atoms with Gasteiger partial charge in [0, 0.05) is 30.2 Å². The predicted octanol–water partition coefficient (Wildman–Crippen LogP) is 2.00. The molecule has 0 aliphatic heterocycles. The van der Waals surface area contributed by atoms with Crippen LogP contribution in [0.25, 0.3) is 11.2 Å². The first-order valence-corrected chi connectivity index (χ1v) is 11.9. The van der Waals surface area contributed by atoms with Crippen molar-refractivity contribution in [3.63, 3.8) is 0 Å². The molecular formula is C21H24F2N6O3S. The van der Waals surface area contributed by atoms with E-state index in [4.69, 9.17) is 0 Å². The largest absolute Gasteiger partial charge is 0.390 e. The van der Waals surface area contributed by atoms with Crippen LogP contribution in [0.4, 0.5) is 14.6 Å². The third kappa shape index (κ3) is 4.27. The minimum atomic E-state index is -1.28. The van der Waals surface area contributed by atoms with Gasteiger partial charge in [0.25, 0.3) is 0 Å². The second kappa shape index (κ2) is 8.75. The highest BCUT2D eigenvalue weighted by molar-refractivity contribution is 7.99. The lowest BCUT2D eigenvalue weighted by Gasteiger charge is -2.16. The Bertz CT molecular complexity index is 1160. The van der Waals surface area contributed by atoms with E-state index in [9.17, 15) is 24.1 Å². The molecule has 2 aromatic heterocycles. The highest BCUT2D eigenvalue weighted by Crippen LogP contribution is 2.44. The summed E-state index contributed by atoms with van der Waals surface area (Å²) in [6.45, 7) is 2.04. The molecule has 6 unspecified atom stereocenters. The van der Waals surface area contributed by atoms with Crippen molar-refractivity contribution < 1.29 is 24.1 Å². The van der Waals surface area contributed by atoms with Gasteiger partial charge in [0.05, 0.1) is 12.1 Å². The Balaban J connectivity index is 1.46. The SMILES string of the molecule is CCCSc1nc(NC2CC2c2cc(F)cc(F)c2)c2nnn(C3CC(O)C(O)C3O)c2n1. The van der Waals surface area contributed by atoms with E-state index in [1.54, 1.807) is 0 Å². The van der Waals surface area contributed by atoms with Crippen molar-refractivity contribution in [2.45, 2.75) is 67.7 Å². The fraction of sp³-hybridized carbons (Fsp3) is 0.524. The van der Waals surface area contributed by atoms with Crippen molar-refractivity contribution in [1.29, 1.82) is 0 Å². The van der Waals surface area contributed by atoms with Crippen LogP contribution >= 0.6 is 11.8 Å². The van der Waals surface area contributed by atoms with Gasteiger partial charge in [0.1, 0.15) is 23.8 Å². The first-order valence-electron chi connectivity index (χ1n) is 10.9. The number of aliphatic hydroxyl groups excluding tert-OH is 3. The molecule has 4 N–H and O–H groups in total. The Labute approximate surface area is 192 Å². The molecule has 12 heteroatoms. The second-order valence-corrected chi connectivity index (χ2v) is 9.62. The van der Waals surface area contributed by atoms with Crippen LogP contribution in [0, 0.1) is 11.6 Å². The molecule has 6 atom stereocenters. The highest BCUT2D eigenvalue weighted by atomic mass is 32.2. The Kier molecular flexibility index (Phi) is 5.93. The van der Waals surface area contributed by atoms with Crippen LogP contribution in [-0.2, 0) is 0 Å². The zero-order valence-electron chi connectivity index (χ0n) is 17.8. The van der Waals surface area contributed by atoms with Crippen LogP contribution in [0.15, 0.2) is 23.4 Å². The number of aliphatic hydroxyl groups is 3. The quantitative estimate of drug-likeness (QED) is 0.298. The minimum absolute atomic E-state index is 0.0658. The number of thioether (sulfide) groups is 1. The van der Waals surface area contributed by atoms with Crippen LogP contribution in [-0.4, -0.2) is 70.4 Å². The molecule has 0 bridgehead atoms. The fourth-order valence-electron chi connectivity index (χ4n) is 4.31. The number of hydrogen-bond acceptors (Lipinski definition) is 9. The molecule has 0 spiro atoms. The Morgan fingerprint density at radius 3 is 2.52 bits per heavy atom. The Hall–Kier alpha value is -2.41.